The quantitative estimate of drug-likeness (QED) is 0.220. The number of non-ortho nitro benzene ring substituents is 1. The van der Waals surface area contributed by atoms with Crippen molar-refractivity contribution in [2.24, 2.45) is 0 Å². The molecule has 0 bridgehead atoms. The van der Waals surface area contributed by atoms with Gasteiger partial charge in [0.25, 0.3) is 5.69 Å². The molecule has 34 heavy (non-hydrogen) atoms. The van der Waals surface area contributed by atoms with Crippen molar-refractivity contribution in [1.82, 2.24) is 15.2 Å². The molecule has 3 heterocycles. The van der Waals surface area contributed by atoms with Crippen molar-refractivity contribution in [3.63, 3.8) is 0 Å². The van der Waals surface area contributed by atoms with Gasteiger partial charge >= 0.3 is 5.97 Å². The standard InChI is InChI=1S/C23H22N4O6S/c1-3-32-20(28)13-26-22(21(25-23(26)34)16-6-4-5-11-24-16)18-10-9-17(33-18)15-8-7-14(27(29)30)12-19(15)31-2/h4-12,21-22H,3,13H2,1-2H3,(H,25,34). The number of carbonyl (C=O) groups is 1. The molecule has 1 N–H and O–H groups in total. The zero-order valence-electron chi connectivity index (χ0n) is 18.5. The second kappa shape index (κ2) is 9.87. The molecule has 1 saturated heterocycles. The molecule has 1 fully saturated rings. The van der Waals surface area contributed by atoms with Gasteiger partial charge in [-0.25, -0.2) is 0 Å². The number of esters is 1. The van der Waals surface area contributed by atoms with Crippen LogP contribution < -0.4 is 10.1 Å². The van der Waals surface area contributed by atoms with Gasteiger partial charge in [-0.2, -0.15) is 0 Å². The third-order valence-corrected chi connectivity index (χ3v) is 5.73. The molecule has 0 aliphatic carbocycles. The van der Waals surface area contributed by atoms with Crippen molar-refractivity contribution in [3.05, 3.63) is 76.3 Å². The highest BCUT2D eigenvalue weighted by molar-refractivity contribution is 7.80. The normalized spacial score (nSPS) is 17.4. The predicted molar refractivity (Wildman–Crippen MR) is 126 cm³/mol. The first-order valence-corrected chi connectivity index (χ1v) is 10.9. The van der Waals surface area contributed by atoms with Crippen LogP contribution in [0.4, 0.5) is 5.69 Å². The average molecular weight is 483 g/mol. The Balaban J connectivity index is 1.73. The van der Waals surface area contributed by atoms with E-state index in [2.05, 4.69) is 10.3 Å². The zero-order chi connectivity index (χ0) is 24.2. The monoisotopic (exact) mass is 482 g/mol. The van der Waals surface area contributed by atoms with E-state index in [-0.39, 0.29) is 24.9 Å². The lowest BCUT2D eigenvalue weighted by Gasteiger charge is -2.25. The molecule has 0 spiro atoms. The summed E-state index contributed by atoms with van der Waals surface area (Å²) >= 11 is 5.53. The first-order valence-electron chi connectivity index (χ1n) is 10.5. The van der Waals surface area contributed by atoms with Gasteiger partial charge in [-0.1, -0.05) is 6.07 Å². The van der Waals surface area contributed by atoms with Crippen molar-refractivity contribution < 1.29 is 23.6 Å². The number of thiocarbonyl (C=S) groups is 1. The molecule has 2 atom stereocenters. The fourth-order valence-corrected chi connectivity index (χ4v) is 4.19. The Hall–Kier alpha value is -3.99. The Kier molecular flexibility index (Phi) is 6.73. The van der Waals surface area contributed by atoms with Gasteiger partial charge < -0.3 is 24.1 Å². The predicted octanol–water partition coefficient (Wildman–Crippen LogP) is 3.79. The summed E-state index contributed by atoms with van der Waals surface area (Å²) < 4.78 is 16.7. The van der Waals surface area contributed by atoms with E-state index in [0.717, 1.165) is 5.69 Å². The van der Waals surface area contributed by atoms with Crippen molar-refractivity contribution in [1.29, 1.82) is 0 Å². The summed E-state index contributed by atoms with van der Waals surface area (Å²) in [6, 6.07) is 12.5. The number of carbonyl (C=O) groups excluding carboxylic acids is 1. The molecule has 0 radical (unpaired) electrons. The fourth-order valence-electron chi connectivity index (χ4n) is 3.88. The Morgan fingerprint density at radius 2 is 2.12 bits per heavy atom. The summed E-state index contributed by atoms with van der Waals surface area (Å²) in [5.41, 5.74) is 1.19. The van der Waals surface area contributed by atoms with Crippen molar-refractivity contribution in [3.8, 4) is 17.1 Å². The number of hydrogen-bond donors (Lipinski definition) is 1. The molecular weight excluding hydrogens is 460 g/mol. The lowest BCUT2D eigenvalue weighted by Crippen LogP contribution is -2.35. The van der Waals surface area contributed by atoms with E-state index in [1.165, 1.54) is 19.2 Å². The number of ether oxygens (including phenoxy) is 2. The van der Waals surface area contributed by atoms with Gasteiger partial charge in [-0.05, 0) is 49.5 Å². The Morgan fingerprint density at radius 1 is 1.29 bits per heavy atom. The lowest BCUT2D eigenvalue weighted by molar-refractivity contribution is -0.384. The van der Waals surface area contributed by atoms with E-state index in [4.69, 9.17) is 26.1 Å². The Bertz CT molecular complexity index is 1220. The number of benzene rings is 1. The van der Waals surface area contributed by atoms with Gasteiger partial charge in [-0.15, -0.1) is 0 Å². The molecule has 11 heteroatoms. The average Bonchev–Trinajstić information content (AvgIpc) is 3.44. The summed E-state index contributed by atoms with van der Waals surface area (Å²) in [5, 5.41) is 14.7. The third kappa shape index (κ3) is 4.55. The number of methoxy groups -OCH3 is 1. The molecule has 176 valence electrons. The number of rotatable bonds is 8. The fraction of sp³-hybridized carbons (Fsp3) is 0.261. The molecule has 2 aromatic heterocycles. The SMILES string of the molecule is CCOC(=O)CN1C(=S)NC(c2ccccn2)C1c1ccc(-c2ccc([N+](=O)[O-])cc2OC)o1. The van der Waals surface area contributed by atoms with Gasteiger partial charge in [0.05, 0.1) is 42.0 Å². The topological polar surface area (TPSA) is 120 Å². The van der Waals surface area contributed by atoms with Crippen LogP contribution in [-0.4, -0.2) is 46.2 Å². The van der Waals surface area contributed by atoms with Crippen LogP contribution in [0.25, 0.3) is 11.3 Å². The molecule has 0 amide bonds. The largest absolute Gasteiger partial charge is 0.496 e. The van der Waals surface area contributed by atoms with Crippen molar-refractivity contribution in [2.45, 2.75) is 19.0 Å². The molecule has 1 aliphatic heterocycles. The summed E-state index contributed by atoms with van der Waals surface area (Å²) in [4.78, 5) is 29.1. The van der Waals surface area contributed by atoms with Crippen LogP contribution in [0.3, 0.4) is 0 Å². The van der Waals surface area contributed by atoms with E-state index < -0.39 is 16.9 Å². The van der Waals surface area contributed by atoms with Crippen molar-refractivity contribution >= 4 is 29.0 Å². The van der Waals surface area contributed by atoms with Crippen molar-refractivity contribution in [2.75, 3.05) is 20.3 Å². The highest BCUT2D eigenvalue weighted by atomic mass is 32.1. The van der Waals surface area contributed by atoms with E-state index in [1.807, 2.05) is 18.2 Å². The minimum Gasteiger partial charge on any atom is -0.496 e. The number of nitro benzene ring substituents is 1. The molecule has 1 aromatic carbocycles. The van der Waals surface area contributed by atoms with Gasteiger partial charge in [0.2, 0.25) is 0 Å². The number of aromatic nitrogens is 1. The maximum absolute atomic E-state index is 12.3. The summed E-state index contributed by atoms with van der Waals surface area (Å²) in [7, 11) is 1.43. The Morgan fingerprint density at radius 3 is 2.79 bits per heavy atom. The summed E-state index contributed by atoms with van der Waals surface area (Å²) in [5.74, 6) is 0.875. The molecular formula is C23H22N4O6S. The maximum atomic E-state index is 12.3. The van der Waals surface area contributed by atoms with Crippen LogP contribution in [0, 0.1) is 10.1 Å². The number of nitrogens with zero attached hydrogens (tertiary/aromatic N) is 3. The first-order chi connectivity index (χ1) is 16.4. The lowest BCUT2D eigenvalue weighted by atomic mass is 10.0. The zero-order valence-corrected chi connectivity index (χ0v) is 19.3. The van der Waals surface area contributed by atoms with E-state index in [0.29, 0.717) is 27.9 Å². The summed E-state index contributed by atoms with van der Waals surface area (Å²) in [6.45, 7) is 1.93. The molecule has 3 aromatic rings. The highest BCUT2D eigenvalue weighted by Crippen LogP contribution is 2.42. The van der Waals surface area contributed by atoms with Crippen LogP contribution in [0.5, 0.6) is 5.75 Å². The number of furan rings is 1. The van der Waals surface area contributed by atoms with Crippen LogP contribution >= 0.6 is 12.2 Å². The van der Waals surface area contributed by atoms with Gasteiger partial charge in [0.1, 0.15) is 29.9 Å². The van der Waals surface area contributed by atoms with E-state index >= 15 is 0 Å². The first kappa shape index (κ1) is 23.2. The van der Waals surface area contributed by atoms with Crippen LogP contribution in [0.2, 0.25) is 0 Å². The van der Waals surface area contributed by atoms with Gasteiger partial charge in [-0.3, -0.25) is 19.9 Å². The van der Waals surface area contributed by atoms with Crippen LogP contribution in [0.15, 0.2) is 59.1 Å². The molecule has 10 nitrogen and oxygen atoms in total. The molecule has 1 aliphatic rings. The minimum atomic E-state index is -0.490. The second-order valence-corrected chi connectivity index (χ2v) is 7.79. The maximum Gasteiger partial charge on any atom is 0.325 e. The number of hydrogen-bond acceptors (Lipinski definition) is 8. The van der Waals surface area contributed by atoms with Crippen LogP contribution in [0.1, 0.15) is 30.5 Å². The van der Waals surface area contributed by atoms with Gasteiger partial charge in [0, 0.05) is 12.3 Å². The minimum absolute atomic E-state index is 0.0649. The Labute approximate surface area is 200 Å². The second-order valence-electron chi connectivity index (χ2n) is 7.40. The number of nitro groups is 1. The molecule has 4 rings (SSSR count). The van der Waals surface area contributed by atoms with Crippen LogP contribution in [-0.2, 0) is 9.53 Å². The third-order valence-electron chi connectivity index (χ3n) is 5.38. The summed E-state index contributed by atoms with van der Waals surface area (Å²) in [6.07, 6.45) is 1.68. The molecule has 0 saturated carbocycles. The smallest absolute Gasteiger partial charge is 0.325 e. The van der Waals surface area contributed by atoms with E-state index in [1.54, 1.807) is 36.2 Å². The number of nitrogens with one attached hydrogen (secondary N) is 1. The van der Waals surface area contributed by atoms with Gasteiger partial charge in [0.15, 0.2) is 5.11 Å². The number of pyridine rings is 1. The van der Waals surface area contributed by atoms with E-state index in [9.17, 15) is 14.9 Å². The highest BCUT2D eigenvalue weighted by Gasteiger charge is 2.42. The molecule has 2 unspecified atom stereocenters.